The third-order valence-electron chi connectivity index (χ3n) is 17.4. The zero-order chi connectivity index (χ0) is 57.8. The minimum atomic E-state index is -0.762. The molecule has 0 saturated heterocycles. The minimum absolute atomic E-state index is 0.0613. The molecule has 0 radical (unpaired) electrons. The number of hydrogen-bond donors (Lipinski definition) is 0. The van der Waals surface area contributed by atoms with E-state index < -0.39 is 6.10 Å². The lowest BCUT2D eigenvalue weighted by Gasteiger charge is -2.18. The third-order valence-corrected chi connectivity index (χ3v) is 17.4. The Morgan fingerprint density at radius 3 is 0.500 bits per heavy atom. The lowest BCUT2D eigenvalue weighted by Crippen LogP contribution is -2.30. The Balaban J connectivity index is 3.91. The molecule has 1 unspecified atom stereocenters. The molecule has 0 aromatic carbocycles. The van der Waals surface area contributed by atoms with Gasteiger partial charge in [0, 0.05) is 19.3 Å². The minimum Gasteiger partial charge on any atom is -0.462 e. The molecule has 6 heteroatoms. The highest BCUT2D eigenvalue weighted by Gasteiger charge is 2.20. The second-order valence-corrected chi connectivity index (χ2v) is 25.6. The van der Waals surface area contributed by atoms with Crippen molar-refractivity contribution in [1.82, 2.24) is 0 Å². The average molecular weight is 1130 g/mol. The molecule has 0 heterocycles. The van der Waals surface area contributed by atoms with Crippen molar-refractivity contribution in [2.45, 2.75) is 444 Å². The van der Waals surface area contributed by atoms with Crippen molar-refractivity contribution >= 4 is 17.9 Å². The summed E-state index contributed by atoms with van der Waals surface area (Å²) < 4.78 is 16.9. The van der Waals surface area contributed by atoms with Crippen LogP contribution in [0.1, 0.15) is 438 Å². The number of unbranched alkanes of at least 4 members (excludes halogenated alkanes) is 59. The van der Waals surface area contributed by atoms with Crippen LogP contribution in [0.5, 0.6) is 0 Å². The first-order valence-electron chi connectivity index (χ1n) is 37.0. The van der Waals surface area contributed by atoms with Crippen LogP contribution in [0.25, 0.3) is 0 Å². The molecule has 476 valence electrons. The summed E-state index contributed by atoms with van der Waals surface area (Å²) >= 11 is 0. The lowest BCUT2D eigenvalue weighted by atomic mass is 10.0. The Labute approximate surface area is 501 Å². The average Bonchev–Trinajstić information content (AvgIpc) is 3.46. The number of esters is 3. The normalized spacial score (nSPS) is 11.9. The van der Waals surface area contributed by atoms with Crippen molar-refractivity contribution < 1.29 is 28.6 Å². The molecule has 0 spiro atoms. The molecule has 0 rings (SSSR count). The largest absolute Gasteiger partial charge is 0.462 e. The van der Waals surface area contributed by atoms with E-state index in [0.29, 0.717) is 19.3 Å². The van der Waals surface area contributed by atoms with E-state index in [9.17, 15) is 14.4 Å². The summed E-state index contributed by atoms with van der Waals surface area (Å²) in [5, 5.41) is 0. The Kier molecular flexibility index (Phi) is 68.5. The SMILES string of the molecule is CCCCCCCCCCCCCCCCCCCCCCCCCCCCCCCCCCCCC(=O)OCC(COC(=O)CCCCCCCCC)OC(=O)CCCCCCCCCCCCCCCCCCCCCCC. The van der Waals surface area contributed by atoms with Crippen molar-refractivity contribution in [1.29, 1.82) is 0 Å². The number of carbonyl (C=O) groups is 3. The van der Waals surface area contributed by atoms with Crippen molar-refractivity contribution in [3.05, 3.63) is 0 Å². The molecular formula is C74H144O6. The molecule has 0 aromatic rings. The topological polar surface area (TPSA) is 78.9 Å². The van der Waals surface area contributed by atoms with Gasteiger partial charge in [-0.25, -0.2) is 0 Å². The van der Waals surface area contributed by atoms with Gasteiger partial charge in [-0.3, -0.25) is 14.4 Å². The molecule has 6 nitrogen and oxygen atoms in total. The molecule has 0 N–H and O–H groups in total. The standard InChI is InChI=1S/C74H144O6/c1-4-7-10-13-16-18-20-22-24-26-28-30-31-32-33-34-35-36-37-38-39-40-41-42-44-45-47-49-51-53-55-58-61-64-67-73(76)79-70-71(69-78-72(75)66-63-60-57-15-12-9-6-3)80-74(77)68-65-62-59-56-54-52-50-48-46-43-29-27-25-23-21-19-17-14-11-8-5-2/h71H,4-70H2,1-3H3. The van der Waals surface area contributed by atoms with E-state index in [1.807, 2.05) is 0 Å². The summed E-state index contributed by atoms with van der Waals surface area (Å²) in [6.07, 6.45) is 83.4. The Morgan fingerprint density at radius 1 is 0.200 bits per heavy atom. The van der Waals surface area contributed by atoms with Crippen molar-refractivity contribution in [3.8, 4) is 0 Å². The van der Waals surface area contributed by atoms with Gasteiger partial charge >= 0.3 is 17.9 Å². The molecule has 0 amide bonds. The van der Waals surface area contributed by atoms with E-state index in [2.05, 4.69) is 20.8 Å². The highest BCUT2D eigenvalue weighted by Crippen LogP contribution is 2.20. The van der Waals surface area contributed by atoms with Crippen LogP contribution in [0.3, 0.4) is 0 Å². The van der Waals surface area contributed by atoms with Crippen LogP contribution in [-0.4, -0.2) is 37.2 Å². The summed E-state index contributed by atoms with van der Waals surface area (Å²) in [5.41, 5.74) is 0. The first-order valence-corrected chi connectivity index (χ1v) is 37.0. The zero-order valence-corrected chi connectivity index (χ0v) is 54.9. The molecule has 0 aliphatic heterocycles. The second-order valence-electron chi connectivity index (χ2n) is 25.6. The molecule has 80 heavy (non-hydrogen) atoms. The predicted molar refractivity (Wildman–Crippen MR) is 349 cm³/mol. The highest BCUT2D eigenvalue weighted by molar-refractivity contribution is 5.71. The number of hydrogen-bond acceptors (Lipinski definition) is 6. The molecular weight excluding hydrogens is 985 g/mol. The fraction of sp³-hybridized carbons (Fsp3) is 0.959. The Morgan fingerprint density at radius 2 is 0.338 bits per heavy atom. The first-order chi connectivity index (χ1) is 39.5. The molecule has 0 aromatic heterocycles. The Bertz CT molecular complexity index is 1200. The summed E-state index contributed by atoms with van der Waals surface area (Å²) in [6, 6.07) is 0. The van der Waals surface area contributed by atoms with Crippen molar-refractivity contribution in [2.75, 3.05) is 13.2 Å². The van der Waals surface area contributed by atoms with E-state index in [4.69, 9.17) is 14.2 Å². The Hall–Kier alpha value is -1.59. The first kappa shape index (κ1) is 78.4. The maximum absolute atomic E-state index is 12.9. The predicted octanol–water partition coefficient (Wildman–Crippen LogP) is 25.4. The van der Waals surface area contributed by atoms with Gasteiger partial charge in [-0.1, -0.05) is 400 Å². The van der Waals surface area contributed by atoms with Gasteiger partial charge < -0.3 is 14.2 Å². The molecule has 0 fully saturated rings. The maximum atomic E-state index is 12.9. The van der Waals surface area contributed by atoms with E-state index >= 15 is 0 Å². The van der Waals surface area contributed by atoms with Crippen LogP contribution in [0.4, 0.5) is 0 Å². The zero-order valence-electron chi connectivity index (χ0n) is 54.9. The van der Waals surface area contributed by atoms with Crippen LogP contribution in [0.15, 0.2) is 0 Å². The molecule has 0 saturated carbocycles. The van der Waals surface area contributed by atoms with Gasteiger partial charge in [0.2, 0.25) is 0 Å². The lowest BCUT2D eigenvalue weighted by molar-refractivity contribution is -0.167. The number of ether oxygens (including phenoxy) is 3. The molecule has 1 atom stereocenters. The summed E-state index contributed by atoms with van der Waals surface area (Å²) in [5.74, 6) is -0.832. The van der Waals surface area contributed by atoms with Gasteiger partial charge in [-0.2, -0.15) is 0 Å². The van der Waals surface area contributed by atoms with Gasteiger partial charge in [-0.15, -0.1) is 0 Å². The van der Waals surface area contributed by atoms with E-state index in [-0.39, 0.29) is 31.1 Å². The van der Waals surface area contributed by atoms with Crippen LogP contribution in [0.2, 0.25) is 0 Å². The summed E-state index contributed by atoms with van der Waals surface area (Å²) in [4.78, 5) is 38.2. The maximum Gasteiger partial charge on any atom is 0.306 e. The van der Waals surface area contributed by atoms with E-state index in [0.717, 1.165) is 57.8 Å². The smallest absolute Gasteiger partial charge is 0.306 e. The number of rotatable bonds is 70. The van der Waals surface area contributed by atoms with E-state index in [1.165, 1.54) is 340 Å². The van der Waals surface area contributed by atoms with Crippen molar-refractivity contribution in [3.63, 3.8) is 0 Å². The summed E-state index contributed by atoms with van der Waals surface area (Å²) in [6.45, 7) is 6.69. The van der Waals surface area contributed by atoms with Gasteiger partial charge in [0.05, 0.1) is 0 Å². The van der Waals surface area contributed by atoms with Gasteiger partial charge in [0.1, 0.15) is 13.2 Å². The second kappa shape index (κ2) is 69.9. The van der Waals surface area contributed by atoms with Gasteiger partial charge in [-0.05, 0) is 19.3 Å². The quantitative estimate of drug-likeness (QED) is 0.0343. The van der Waals surface area contributed by atoms with Crippen LogP contribution < -0.4 is 0 Å². The fourth-order valence-electron chi connectivity index (χ4n) is 11.8. The summed E-state index contributed by atoms with van der Waals surface area (Å²) in [7, 11) is 0. The third kappa shape index (κ3) is 67.2. The van der Waals surface area contributed by atoms with Crippen LogP contribution >= 0.6 is 0 Å². The number of carbonyl (C=O) groups excluding carboxylic acids is 3. The molecule has 0 bridgehead atoms. The van der Waals surface area contributed by atoms with Gasteiger partial charge in [0.15, 0.2) is 6.10 Å². The van der Waals surface area contributed by atoms with Crippen LogP contribution in [0, 0.1) is 0 Å². The molecule has 0 aliphatic rings. The van der Waals surface area contributed by atoms with Gasteiger partial charge in [0.25, 0.3) is 0 Å². The monoisotopic (exact) mass is 1130 g/mol. The van der Waals surface area contributed by atoms with Crippen LogP contribution in [-0.2, 0) is 28.6 Å². The highest BCUT2D eigenvalue weighted by atomic mass is 16.6. The fourth-order valence-corrected chi connectivity index (χ4v) is 11.8. The van der Waals surface area contributed by atoms with E-state index in [1.54, 1.807) is 0 Å². The van der Waals surface area contributed by atoms with Crippen molar-refractivity contribution in [2.24, 2.45) is 0 Å². The molecule has 0 aliphatic carbocycles.